The Morgan fingerprint density at radius 3 is 2.52 bits per heavy atom. The number of nitrogens with one attached hydrogen (secondary N) is 1. The van der Waals surface area contributed by atoms with Crippen molar-refractivity contribution in [3.63, 3.8) is 0 Å². The molecule has 2 unspecified atom stereocenters. The Morgan fingerprint density at radius 1 is 1.29 bits per heavy atom. The third kappa shape index (κ3) is 4.85. The van der Waals surface area contributed by atoms with Gasteiger partial charge in [0.1, 0.15) is 5.60 Å². The lowest BCUT2D eigenvalue weighted by Crippen LogP contribution is -2.63. The lowest BCUT2D eigenvalue weighted by atomic mass is 9.94. The summed E-state index contributed by atoms with van der Waals surface area (Å²) >= 11 is 0. The molecule has 2 aliphatic rings. The second-order valence-electron chi connectivity index (χ2n) is 7.62. The number of ether oxygens (including phenoxy) is 2. The van der Waals surface area contributed by atoms with Gasteiger partial charge in [0.25, 0.3) is 0 Å². The number of nitrogens with zero attached hydrogens (tertiary/aromatic N) is 1. The zero-order valence-corrected chi connectivity index (χ0v) is 14.0. The van der Waals surface area contributed by atoms with Gasteiger partial charge in [-0.15, -0.1) is 0 Å². The number of hydrogen-bond acceptors (Lipinski definition) is 4. The van der Waals surface area contributed by atoms with Crippen LogP contribution >= 0.6 is 0 Å². The van der Waals surface area contributed by atoms with Crippen LogP contribution in [0.2, 0.25) is 0 Å². The largest absolute Gasteiger partial charge is 0.444 e. The van der Waals surface area contributed by atoms with Crippen molar-refractivity contribution in [3.8, 4) is 0 Å². The molecule has 2 fully saturated rings. The molecule has 122 valence electrons. The molecule has 5 nitrogen and oxygen atoms in total. The summed E-state index contributed by atoms with van der Waals surface area (Å²) in [6, 6.07) is 0.908. The molecule has 0 radical (unpaired) electrons. The minimum Gasteiger partial charge on any atom is -0.444 e. The second kappa shape index (κ2) is 6.53. The van der Waals surface area contributed by atoms with Crippen molar-refractivity contribution in [2.24, 2.45) is 5.92 Å². The van der Waals surface area contributed by atoms with Gasteiger partial charge >= 0.3 is 6.09 Å². The molecule has 2 heterocycles. The molecule has 2 saturated heterocycles. The van der Waals surface area contributed by atoms with Crippen LogP contribution in [-0.4, -0.2) is 54.5 Å². The summed E-state index contributed by atoms with van der Waals surface area (Å²) in [5.41, 5.74) is -0.416. The van der Waals surface area contributed by atoms with Crippen molar-refractivity contribution in [2.45, 2.75) is 71.2 Å². The van der Waals surface area contributed by atoms with E-state index in [-0.39, 0.29) is 6.09 Å². The Hall–Kier alpha value is -0.810. The number of carbonyl (C=O) groups excluding carboxylic acids is 1. The van der Waals surface area contributed by atoms with Gasteiger partial charge in [-0.1, -0.05) is 13.8 Å². The van der Waals surface area contributed by atoms with Crippen LogP contribution in [0.15, 0.2) is 0 Å². The molecule has 1 amide bonds. The molecule has 2 aliphatic heterocycles. The van der Waals surface area contributed by atoms with Crippen molar-refractivity contribution in [1.82, 2.24) is 10.2 Å². The minimum atomic E-state index is -0.416. The van der Waals surface area contributed by atoms with Crippen molar-refractivity contribution < 1.29 is 14.3 Å². The van der Waals surface area contributed by atoms with Gasteiger partial charge in [-0.3, -0.25) is 0 Å². The van der Waals surface area contributed by atoms with Crippen molar-refractivity contribution in [2.75, 3.05) is 19.7 Å². The summed E-state index contributed by atoms with van der Waals surface area (Å²) in [4.78, 5) is 13.6. The van der Waals surface area contributed by atoms with E-state index in [2.05, 4.69) is 19.2 Å². The minimum absolute atomic E-state index is 0.201. The Morgan fingerprint density at radius 2 is 1.95 bits per heavy atom. The van der Waals surface area contributed by atoms with Gasteiger partial charge in [0, 0.05) is 31.8 Å². The van der Waals surface area contributed by atoms with Gasteiger partial charge in [0.2, 0.25) is 0 Å². The first-order chi connectivity index (χ1) is 9.74. The molecule has 0 aliphatic carbocycles. The topological polar surface area (TPSA) is 50.8 Å². The normalized spacial score (nSPS) is 27.6. The predicted molar refractivity (Wildman–Crippen MR) is 82.3 cm³/mol. The van der Waals surface area contributed by atoms with E-state index >= 15 is 0 Å². The average Bonchev–Trinajstić information content (AvgIpc) is 2.31. The van der Waals surface area contributed by atoms with Crippen LogP contribution in [0.25, 0.3) is 0 Å². The molecule has 0 bridgehead atoms. The summed E-state index contributed by atoms with van der Waals surface area (Å²) < 4.78 is 11.2. The maximum atomic E-state index is 11.9. The summed E-state index contributed by atoms with van der Waals surface area (Å²) in [7, 11) is 0. The van der Waals surface area contributed by atoms with E-state index in [0.29, 0.717) is 24.1 Å². The van der Waals surface area contributed by atoms with E-state index in [4.69, 9.17) is 9.47 Å². The average molecular weight is 298 g/mol. The van der Waals surface area contributed by atoms with Crippen LogP contribution in [-0.2, 0) is 9.47 Å². The molecule has 2 rings (SSSR count). The highest BCUT2D eigenvalue weighted by atomic mass is 16.6. The van der Waals surface area contributed by atoms with Crippen LogP contribution in [0, 0.1) is 5.92 Å². The highest BCUT2D eigenvalue weighted by Gasteiger charge is 2.35. The highest BCUT2D eigenvalue weighted by Crippen LogP contribution is 2.22. The van der Waals surface area contributed by atoms with Crippen molar-refractivity contribution in [3.05, 3.63) is 0 Å². The first-order valence-electron chi connectivity index (χ1n) is 8.10. The summed E-state index contributed by atoms with van der Waals surface area (Å²) in [6.45, 7) is 12.4. The SMILES string of the molecule is CC(C)C1CC(NC2CN(C(=O)OC(C)(C)C)C2)CCO1. The number of amides is 1. The Labute approximate surface area is 128 Å². The fourth-order valence-corrected chi connectivity index (χ4v) is 2.84. The molecular weight excluding hydrogens is 268 g/mol. The van der Waals surface area contributed by atoms with Crippen molar-refractivity contribution in [1.29, 1.82) is 0 Å². The number of hydrogen-bond donors (Lipinski definition) is 1. The summed E-state index contributed by atoms with van der Waals surface area (Å²) in [6.07, 6.45) is 2.29. The zero-order valence-electron chi connectivity index (χ0n) is 14.0. The Bertz CT molecular complexity index is 359. The van der Waals surface area contributed by atoms with E-state index < -0.39 is 5.60 Å². The standard InChI is InChI=1S/C16H30N2O3/c1-11(2)14-8-12(6-7-20-14)17-13-9-18(10-13)15(19)21-16(3,4)5/h11-14,17H,6-10H2,1-5H3. The lowest BCUT2D eigenvalue weighted by Gasteiger charge is -2.43. The van der Waals surface area contributed by atoms with Crippen molar-refractivity contribution >= 4 is 6.09 Å². The van der Waals surface area contributed by atoms with E-state index in [9.17, 15) is 4.79 Å². The molecule has 0 aromatic rings. The van der Waals surface area contributed by atoms with Gasteiger partial charge in [0.05, 0.1) is 6.10 Å². The molecule has 0 saturated carbocycles. The number of rotatable bonds is 3. The molecular formula is C16H30N2O3. The summed E-state index contributed by atoms with van der Waals surface area (Å²) in [5.74, 6) is 0.564. The fraction of sp³-hybridized carbons (Fsp3) is 0.938. The molecule has 1 N–H and O–H groups in total. The van der Waals surface area contributed by atoms with Gasteiger partial charge < -0.3 is 19.7 Å². The smallest absolute Gasteiger partial charge is 0.410 e. The lowest BCUT2D eigenvalue weighted by molar-refractivity contribution is -0.0327. The monoisotopic (exact) mass is 298 g/mol. The molecule has 2 atom stereocenters. The first kappa shape index (κ1) is 16.6. The van der Waals surface area contributed by atoms with Crippen LogP contribution in [0.1, 0.15) is 47.5 Å². The third-order valence-corrected chi connectivity index (χ3v) is 4.06. The van der Waals surface area contributed by atoms with E-state index in [1.807, 2.05) is 20.8 Å². The van der Waals surface area contributed by atoms with E-state index in [1.54, 1.807) is 4.90 Å². The van der Waals surface area contributed by atoms with Gasteiger partial charge in [0.15, 0.2) is 0 Å². The predicted octanol–water partition coefficient (Wildman–Crippen LogP) is 2.40. The molecule has 0 aromatic carbocycles. The maximum absolute atomic E-state index is 11.9. The van der Waals surface area contributed by atoms with Crippen LogP contribution < -0.4 is 5.32 Å². The number of carbonyl (C=O) groups is 1. The van der Waals surface area contributed by atoms with E-state index in [1.165, 1.54) is 0 Å². The fourth-order valence-electron chi connectivity index (χ4n) is 2.84. The van der Waals surface area contributed by atoms with Gasteiger partial charge in [-0.05, 0) is 39.5 Å². The quantitative estimate of drug-likeness (QED) is 0.869. The molecule has 0 spiro atoms. The highest BCUT2D eigenvalue weighted by molar-refractivity contribution is 5.69. The summed E-state index contributed by atoms with van der Waals surface area (Å²) in [5, 5.41) is 3.66. The van der Waals surface area contributed by atoms with Crippen LogP contribution in [0.4, 0.5) is 4.79 Å². The van der Waals surface area contributed by atoms with E-state index in [0.717, 1.165) is 32.5 Å². The van der Waals surface area contributed by atoms with Gasteiger partial charge in [-0.2, -0.15) is 0 Å². The molecule has 0 aromatic heterocycles. The number of likely N-dealkylation sites (tertiary alicyclic amines) is 1. The Balaban J connectivity index is 1.69. The third-order valence-electron chi connectivity index (χ3n) is 4.06. The first-order valence-corrected chi connectivity index (χ1v) is 8.10. The Kier molecular flexibility index (Phi) is 5.15. The molecule has 5 heteroatoms. The molecule has 21 heavy (non-hydrogen) atoms. The van der Waals surface area contributed by atoms with Crippen LogP contribution in [0.5, 0.6) is 0 Å². The van der Waals surface area contributed by atoms with Crippen LogP contribution in [0.3, 0.4) is 0 Å². The maximum Gasteiger partial charge on any atom is 0.410 e. The van der Waals surface area contributed by atoms with Gasteiger partial charge in [-0.25, -0.2) is 4.79 Å². The second-order valence-corrected chi connectivity index (χ2v) is 7.62. The zero-order chi connectivity index (χ0) is 15.6.